The second kappa shape index (κ2) is 7.33. The van der Waals surface area contributed by atoms with Gasteiger partial charge in [0.25, 0.3) is 5.91 Å². The van der Waals surface area contributed by atoms with Gasteiger partial charge >= 0.3 is 6.09 Å². The van der Waals surface area contributed by atoms with Crippen molar-refractivity contribution in [2.24, 2.45) is 0 Å². The Morgan fingerprint density at radius 1 is 1.08 bits per heavy atom. The Bertz CT molecular complexity index is 748. The highest BCUT2D eigenvalue weighted by molar-refractivity contribution is 5.94. The van der Waals surface area contributed by atoms with Crippen LogP contribution in [0.3, 0.4) is 0 Å². The van der Waals surface area contributed by atoms with Crippen molar-refractivity contribution >= 4 is 12.0 Å². The van der Waals surface area contributed by atoms with E-state index in [1.807, 2.05) is 0 Å². The second-order valence-electron chi connectivity index (χ2n) is 5.68. The molecule has 1 aromatic heterocycles. The lowest BCUT2D eigenvalue weighted by Crippen LogP contribution is -2.50. The molecule has 1 fully saturated rings. The second-order valence-corrected chi connectivity index (χ2v) is 5.68. The first kappa shape index (κ1) is 16.9. The number of hydrogen-bond acceptors (Lipinski definition) is 6. The SMILES string of the molecule is CCOC(=O)N1CCN(C(=O)c2ccc(-c3nnc(C)o3)cc2)CC1. The Hall–Kier alpha value is -2.90. The molecule has 1 aliphatic rings. The molecule has 0 saturated carbocycles. The number of amides is 2. The maximum Gasteiger partial charge on any atom is 0.409 e. The zero-order valence-corrected chi connectivity index (χ0v) is 14.3. The molecule has 1 aromatic carbocycles. The Kier molecular flexibility index (Phi) is 4.97. The van der Waals surface area contributed by atoms with Crippen LogP contribution in [-0.4, -0.2) is 64.8 Å². The third kappa shape index (κ3) is 3.78. The predicted octanol–water partition coefficient (Wildman–Crippen LogP) is 1.96. The number of ether oxygens (including phenoxy) is 1. The van der Waals surface area contributed by atoms with Crippen LogP contribution in [0.5, 0.6) is 0 Å². The summed E-state index contributed by atoms with van der Waals surface area (Å²) >= 11 is 0. The molecule has 2 aromatic rings. The topological polar surface area (TPSA) is 88.8 Å². The van der Waals surface area contributed by atoms with Crippen molar-refractivity contribution in [1.29, 1.82) is 0 Å². The van der Waals surface area contributed by atoms with E-state index in [9.17, 15) is 9.59 Å². The zero-order chi connectivity index (χ0) is 17.8. The molecule has 0 unspecified atom stereocenters. The molecule has 0 radical (unpaired) electrons. The highest BCUT2D eigenvalue weighted by Gasteiger charge is 2.25. The number of rotatable bonds is 3. The monoisotopic (exact) mass is 344 g/mol. The summed E-state index contributed by atoms with van der Waals surface area (Å²) in [5.74, 6) is 0.867. The molecule has 3 rings (SSSR count). The highest BCUT2D eigenvalue weighted by Crippen LogP contribution is 2.19. The molecule has 1 saturated heterocycles. The third-order valence-electron chi connectivity index (χ3n) is 4.00. The Labute approximate surface area is 145 Å². The van der Waals surface area contributed by atoms with E-state index >= 15 is 0 Å². The van der Waals surface area contributed by atoms with Crippen molar-refractivity contribution in [2.75, 3.05) is 32.8 Å². The van der Waals surface area contributed by atoms with E-state index in [4.69, 9.17) is 9.15 Å². The molecule has 0 aliphatic carbocycles. The molecule has 1 aliphatic heterocycles. The molecule has 0 N–H and O–H groups in total. The fraction of sp³-hybridized carbons (Fsp3) is 0.412. The summed E-state index contributed by atoms with van der Waals surface area (Å²) in [7, 11) is 0. The van der Waals surface area contributed by atoms with Crippen molar-refractivity contribution < 1.29 is 18.7 Å². The quantitative estimate of drug-likeness (QED) is 0.846. The molecule has 8 heteroatoms. The van der Waals surface area contributed by atoms with Crippen molar-refractivity contribution in [1.82, 2.24) is 20.0 Å². The van der Waals surface area contributed by atoms with Crippen LogP contribution in [0.1, 0.15) is 23.2 Å². The van der Waals surface area contributed by atoms with E-state index in [0.717, 1.165) is 5.56 Å². The molecule has 0 spiro atoms. The molecule has 8 nitrogen and oxygen atoms in total. The van der Waals surface area contributed by atoms with Gasteiger partial charge < -0.3 is 19.0 Å². The maximum absolute atomic E-state index is 12.6. The molecule has 132 valence electrons. The van der Waals surface area contributed by atoms with Gasteiger partial charge in [0.1, 0.15) is 0 Å². The van der Waals surface area contributed by atoms with Gasteiger partial charge in [-0.25, -0.2) is 4.79 Å². The van der Waals surface area contributed by atoms with E-state index in [-0.39, 0.29) is 12.0 Å². The van der Waals surface area contributed by atoms with Crippen LogP contribution in [0.4, 0.5) is 4.79 Å². The van der Waals surface area contributed by atoms with E-state index in [1.54, 1.807) is 47.9 Å². The lowest BCUT2D eigenvalue weighted by molar-refractivity contribution is 0.0570. The minimum Gasteiger partial charge on any atom is -0.450 e. The van der Waals surface area contributed by atoms with Gasteiger partial charge in [0.2, 0.25) is 11.8 Å². The van der Waals surface area contributed by atoms with Crippen LogP contribution in [0.15, 0.2) is 28.7 Å². The molecule has 2 heterocycles. The first-order chi connectivity index (χ1) is 12.1. The minimum absolute atomic E-state index is 0.0585. The number of benzene rings is 1. The van der Waals surface area contributed by atoms with Gasteiger partial charge in [0, 0.05) is 44.2 Å². The van der Waals surface area contributed by atoms with Gasteiger partial charge in [-0.05, 0) is 31.2 Å². The number of nitrogens with zero attached hydrogens (tertiary/aromatic N) is 4. The number of carbonyl (C=O) groups excluding carboxylic acids is 2. The van der Waals surface area contributed by atoms with E-state index in [0.29, 0.717) is 50.1 Å². The molecule has 25 heavy (non-hydrogen) atoms. The number of piperazine rings is 1. The first-order valence-corrected chi connectivity index (χ1v) is 8.20. The minimum atomic E-state index is -0.325. The summed E-state index contributed by atoms with van der Waals surface area (Å²) in [5, 5.41) is 7.75. The molecular weight excluding hydrogens is 324 g/mol. The largest absolute Gasteiger partial charge is 0.450 e. The standard InChI is InChI=1S/C17H20N4O4/c1-3-24-17(23)21-10-8-20(9-11-21)16(22)14-6-4-13(5-7-14)15-19-18-12(2)25-15/h4-7H,3,8-11H2,1-2H3. The summed E-state index contributed by atoms with van der Waals surface area (Å²) in [4.78, 5) is 27.6. The number of hydrogen-bond donors (Lipinski definition) is 0. The molecule has 0 bridgehead atoms. The lowest BCUT2D eigenvalue weighted by Gasteiger charge is -2.34. The summed E-state index contributed by atoms with van der Waals surface area (Å²) in [6, 6.07) is 7.06. The van der Waals surface area contributed by atoms with Crippen LogP contribution >= 0.6 is 0 Å². The van der Waals surface area contributed by atoms with E-state index in [1.165, 1.54) is 0 Å². The first-order valence-electron chi connectivity index (χ1n) is 8.20. The Balaban J connectivity index is 1.61. The number of carbonyl (C=O) groups is 2. The van der Waals surface area contributed by atoms with Gasteiger partial charge in [0.05, 0.1) is 6.61 Å². The fourth-order valence-corrected chi connectivity index (χ4v) is 2.66. The maximum atomic E-state index is 12.6. The number of aromatic nitrogens is 2. The predicted molar refractivity (Wildman–Crippen MR) is 89.0 cm³/mol. The van der Waals surface area contributed by atoms with Crippen molar-refractivity contribution in [3.05, 3.63) is 35.7 Å². The van der Waals surface area contributed by atoms with Gasteiger partial charge in [-0.15, -0.1) is 10.2 Å². The van der Waals surface area contributed by atoms with Crippen molar-refractivity contribution in [3.63, 3.8) is 0 Å². The highest BCUT2D eigenvalue weighted by atomic mass is 16.6. The summed E-state index contributed by atoms with van der Waals surface area (Å²) in [6.07, 6.45) is -0.325. The van der Waals surface area contributed by atoms with Gasteiger partial charge in [0.15, 0.2) is 0 Å². The van der Waals surface area contributed by atoms with Crippen molar-refractivity contribution in [2.45, 2.75) is 13.8 Å². The Morgan fingerprint density at radius 3 is 2.28 bits per heavy atom. The van der Waals surface area contributed by atoms with E-state index in [2.05, 4.69) is 10.2 Å². The van der Waals surface area contributed by atoms with Gasteiger partial charge in [-0.3, -0.25) is 4.79 Å². The Morgan fingerprint density at radius 2 is 1.72 bits per heavy atom. The zero-order valence-electron chi connectivity index (χ0n) is 14.3. The summed E-state index contributed by atoms with van der Waals surface area (Å²) in [6.45, 7) is 5.78. The smallest absolute Gasteiger partial charge is 0.409 e. The van der Waals surface area contributed by atoms with Gasteiger partial charge in [-0.1, -0.05) is 0 Å². The van der Waals surface area contributed by atoms with Crippen molar-refractivity contribution in [3.8, 4) is 11.5 Å². The molecule has 0 atom stereocenters. The molecule has 2 amide bonds. The average molecular weight is 344 g/mol. The van der Waals surface area contributed by atoms with Crippen LogP contribution in [-0.2, 0) is 4.74 Å². The van der Waals surface area contributed by atoms with Crippen LogP contribution in [0, 0.1) is 6.92 Å². The average Bonchev–Trinajstić information content (AvgIpc) is 3.08. The third-order valence-corrected chi connectivity index (χ3v) is 4.00. The van der Waals surface area contributed by atoms with Crippen LogP contribution in [0.25, 0.3) is 11.5 Å². The fourth-order valence-electron chi connectivity index (χ4n) is 2.66. The van der Waals surface area contributed by atoms with Crippen LogP contribution < -0.4 is 0 Å². The molecular formula is C17H20N4O4. The van der Waals surface area contributed by atoms with E-state index < -0.39 is 0 Å². The van der Waals surface area contributed by atoms with Crippen LogP contribution in [0.2, 0.25) is 0 Å². The summed E-state index contributed by atoms with van der Waals surface area (Å²) < 4.78 is 10.4. The number of aryl methyl sites for hydroxylation is 1. The summed E-state index contributed by atoms with van der Waals surface area (Å²) in [5.41, 5.74) is 1.36. The van der Waals surface area contributed by atoms with Gasteiger partial charge in [-0.2, -0.15) is 0 Å². The lowest BCUT2D eigenvalue weighted by atomic mass is 10.1. The normalized spacial score (nSPS) is 14.5.